The molecule has 1 N–H and O–H groups in total. The van der Waals surface area contributed by atoms with Gasteiger partial charge in [-0.05, 0) is 50.6 Å². The van der Waals surface area contributed by atoms with E-state index in [4.69, 9.17) is 14.7 Å². The van der Waals surface area contributed by atoms with E-state index < -0.39 is 5.56 Å². The van der Waals surface area contributed by atoms with E-state index in [9.17, 15) is 4.79 Å². The van der Waals surface area contributed by atoms with Crippen molar-refractivity contribution in [1.29, 1.82) is 5.26 Å². The van der Waals surface area contributed by atoms with Crippen molar-refractivity contribution in [2.45, 2.75) is 33.3 Å². The molecule has 3 rings (SSSR count). The third-order valence-electron chi connectivity index (χ3n) is 4.13. The number of fused-ring (bicyclic) bond motifs is 1. The Kier molecular flexibility index (Phi) is 4.57. The van der Waals surface area contributed by atoms with Gasteiger partial charge in [-0.3, -0.25) is 4.79 Å². The van der Waals surface area contributed by atoms with Crippen LogP contribution < -0.4 is 15.0 Å². The predicted octanol–water partition coefficient (Wildman–Crippen LogP) is 2.84. The van der Waals surface area contributed by atoms with Gasteiger partial charge in [-0.15, -0.1) is 0 Å². The molecule has 1 aromatic carbocycles. The Balaban J connectivity index is 2.01. The summed E-state index contributed by atoms with van der Waals surface area (Å²) in [4.78, 5) is 11.6. The molecule has 1 aliphatic rings. The molecule has 0 fully saturated rings. The molecule has 1 atom stereocenters. The molecule has 0 saturated carbocycles. The quantitative estimate of drug-likeness (QED) is 0.927. The van der Waals surface area contributed by atoms with Gasteiger partial charge in [-0.1, -0.05) is 0 Å². The van der Waals surface area contributed by atoms with Gasteiger partial charge in [0.2, 0.25) is 0 Å². The Morgan fingerprint density at radius 2 is 2.28 bits per heavy atom. The van der Waals surface area contributed by atoms with Gasteiger partial charge >= 0.3 is 0 Å². The van der Waals surface area contributed by atoms with E-state index in [1.165, 1.54) is 0 Å². The number of benzene rings is 1. The maximum atomic E-state index is 11.6. The van der Waals surface area contributed by atoms with Gasteiger partial charge in [0.25, 0.3) is 5.56 Å². The Morgan fingerprint density at radius 1 is 1.48 bits per heavy atom. The fourth-order valence-electron chi connectivity index (χ4n) is 2.88. The first-order valence-corrected chi connectivity index (χ1v) is 8.17. The lowest BCUT2D eigenvalue weighted by atomic mass is 10.0. The number of H-pyrrole nitrogens is 1. The van der Waals surface area contributed by atoms with Gasteiger partial charge in [0.1, 0.15) is 29.2 Å². The summed E-state index contributed by atoms with van der Waals surface area (Å²) in [6, 6.07) is 5.87. The van der Waals surface area contributed by atoms with E-state index in [0.717, 1.165) is 29.0 Å². The monoisotopic (exact) mass is 337 g/mol. The summed E-state index contributed by atoms with van der Waals surface area (Å²) in [6.07, 6.45) is 4.64. The Bertz CT molecular complexity index is 938. The van der Waals surface area contributed by atoms with Crippen LogP contribution in [-0.4, -0.2) is 22.9 Å². The van der Waals surface area contributed by atoms with Crippen LogP contribution in [0.1, 0.15) is 41.8 Å². The molecule has 6 heteroatoms. The second kappa shape index (κ2) is 6.81. The van der Waals surface area contributed by atoms with Gasteiger partial charge < -0.3 is 9.47 Å². The van der Waals surface area contributed by atoms with Crippen LogP contribution in [0.15, 0.2) is 16.9 Å². The first-order valence-electron chi connectivity index (χ1n) is 8.17. The van der Waals surface area contributed by atoms with Crippen molar-refractivity contribution in [3.05, 3.63) is 50.4 Å². The molecule has 128 valence electrons. The smallest absolute Gasteiger partial charge is 0.282 e. The van der Waals surface area contributed by atoms with Crippen molar-refractivity contribution >= 4 is 12.2 Å². The van der Waals surface area contributed by atoms with E-state index in [2.05, 4.69) is 10.2 Å². The number of ether oxygens (including phenoxy) is 2. The van der Waals surface area contributed by atoms with Crippen molar-refractivity contribution in [1.82, 2.24) is 10.2 Å². The minimum absolute atomic E-state index is 0.0748. The highest BCUT2D eigenvalue weighted by atomic mass is 16.5. The number of nitrogens with zero attached hydrogens (tertiary/aromatic N) is 2. The average molecular weight is 337 g/mol. The molecule has 0 spiro atoms. The molecule has 25 heavy (non-hydrogen) atoms. The highest BCUT2D eigenvalue weighted by Crippen LogP contribution is 2.36. The lowest BCUT2D eigenvalue weighted by Crippen LogP contribution is -2.15. The Morgan fingerprint density at radius 3 is 3.00 bits per heavy atom. The van der Waals surface area contributed by atoms with Crippen molar-refractivity contribution in [2.75, 3.05) is 6.61 Å². The second-order valence-corrected chi connectivity index (χ2v) is 5.95. The normalized spacial score (nSPS) is 15.7. The number of nitrogens with one attached hydrogen (secondary N) is 1. The molecule has 0 radical (unpaired) electrons. The fraction of sp³-hybridized carbons (Fsp3) is 0.316. The number of aromatic amines is 1. The Hall–Kier alpha value is -3.07. The molecule has 1 unspecified atom stereocenters. The van der Waals surface area contributed by atoms with Crippen molar-refractivity contribution in [3.8, 4) is 17.6 Å². The fourth-order valence-corrected chi connectivity index (χ4v) is 2.88. The average Bonchev–Trinajstić information content (AvgIpc) is 2.93. The summed E-state index contributed by atoms with van der Waals surface area (Å²) in [5, 5.41) is 15.5. The van der Waals surface area contributed by atoms with E-state index in [0.29, 0.717) is 17.9 Å². The summed E-state index contributed by atoms with van der Waals surface area (Å²) in [5.74, 6) is 1.64. The molecule has 2 aromatic rings. The van der Waals surface area contributed by atoms with Crippen LogP contribution >= 0.6 is 0 Å². The first kappa shape index (κ1) is 16.8. The summed E-state index contributed by atoms with van der Waals surface area (Å²) in [6.45, 7) is 6.24. The Labute approximate surface area is 145 Å². The topological polar surface area (TPSA) is 88.0 Å². The second-order valence-electron chi connectivity index (χ2n) is 5.95. The summed E-state index contributed by atoms with van der Waals surface area (Å²) in [5.41, 5.74) is 2.68. The van der Waals surface area contributed by atoms with Crippen molar-refractivity contribution < 1.29 is 9.47 Å². The van der Waals surface area contributed by atoms with Gasteiger partial charge in [0, 0.05) is 17.5 Å². The molecule has 2 heterocycles. The van der Waals surface area contributed by atoms with Crippen LogP contribution in [0.2, 0.25) is 0 Å². The summed E-state index contributed by atoms with van der Waals surface area (Å²) < 4.78 is 11.6. The minimum atomic E-state index is -0.480. The number of hydrogen-bond donors (Lipinski definition) is 1. The number of nitriles is 1. The molecule has 1 aromatic heterocycles. The standard InChI is InChI=1S/C19H19N3O3/c1-4-24-17-9-14-7-11(2)25-18(14)8-13(17)5-6-16-12(3)15(10-20)19(23)22-21-16/h5-6,8-9,11H,4,7H2,1-3H3,(H,22,23)/b6-5+. The van der Waals surface area contributed by atoms with E-state index in [1.807, 2.05) is 38.1 Å². The third-order valence-corrected chi connectivity index (χ3v) is 4.13. The lowest BCUT2D eigenvalue weighted by Gasteiger charge is -2.10. The zero-order valence-corrected chi connectivity index (χ0v) is 14.4. The van der Waals surface area contributed by atoms with Crippen LogP contribution in [0, 0.1) is 18.3 Å². The van der Waals surface area contributed by atoms with Gasteiger partial charge in [0.15, 0.2) is 0 Å². The number of hydrogen-bond acceptors (Lipinski definition) is 5. The number of rotatable bonds is 4. The van der Waals surface area contributed by atoms with E-state index in [-0.39, 0.29) is 11.7 Å². The number of aromatic nitrogens is 2. The highest BCUT2D eigenvalue weighted by Gasteiger charge is 2.21. The van der Waals surface area contributed by atoms with Gasteiger partial charge in [0.05, 0.1) is 12.3 Å². The predicted molar refractivity (Wildman–Crippen MR) is 94.6 cm³/mol. The van der Waals surface area contributed by atoms with Crippen LogP contribution in [0.5, 0.6) is 11.5 Å². The SMILES string of the molecule is CCOc1cc2c(cc1/C=C/c1n[nH]c(=O)c(C#N)c1C)OC(C)C2. The summed E-state index contributed by atoms with van der Waals surface area (Å²) in [7, 11) is 0. The first-order chi connectivity index (χ1) is 12.0. The largest absolute Gasteiger partial charge is 0.493 e. The lowest BCUT2D eigenvalue weighted by molar-refractivity contribution is 0.254. The summed E-state index contributed by atoms with van der Waals surface area (Å²) >= 11 is 0. The molecular formula is C19H19N3O3. The minimum Gasteiger partial charge on any atom is -0.493 e. The van der Waals surface area contributed by atoms with E-state index in [1.54, 1.807) is 13.0 Å². The maximum Gasteiger partial charge on any atom is 0.282 e. The highest BCUT2D eigenvalue weighted by molar-refractivity contribution is 5.74. The van der Waals surface area contributed by atoms with Crippen LogP contribution in [-0.2, 0) is 6.42 Å². The van der Waals surface area contributed by atoms with Crippen LogP contribution in [0.25, 0.3) is 12.2 Å². The maximum absolute atomic E-state index is 11.6. The zero-order chi connectivity index (χ0) is 18.0. The van der Waals surface area contributed by atoms with E-state index >= 15 is 0 Å². The molecule has 6 nitrogen and oxygen atoms in total. The van der Waals surface area contributed by atoms with Gasteiger partial charge in [-0.25, -0.2) is 5.10 Å². The van der Waals surface area contributed by atoms with Crippen molar-refractivity contribution in [3.63, 3.8) is 0 Å². The molecule has 0 bridgehead atoms. The van der Waals surface area contributed by atoms with Gasteiger partial charge in [-0.2, -0.15) is 10.4 Å². The zero-order valence-electron chi connectivity index (χ0n) is 14.4. The van der Waals surface area contributed by atoms with Crippen LogP contribution in [0.3, 0.4) is 0 Å². The molecular weight excluding hydrogens is 318 g/mol. The molecule has 0 aliphatic carbocycles. The third kappa shape index (κ3) is 3.26. The van der Waals surface area contributed by atoms with Crippen molar-refractivity contribution in [2.24, 2.45) is 0 Å². The molecule has 1 aliphatic heterocycles. The molecule has 0 saturated heterocycles. The van der Waals surface area contributed by atoms with Crippen LogP contribution in [0.4, 0.5) is 0 Å². The molecule has 0 amide bonds.